The van der Waals surface area contributed by atoms with Gasteiger partial charge in [0.1, 0.15) is 6.79 Å². The Balaban J connectivity index is 1.67. The molecule has 7 nitrogen and oxygen atoms in total. The monoisotopic (exact) mass is 308 g/mol. The van der Waals surface area contributed by atoms with Crippen LogP contribution in [0.3, 0.4) is 0 Å². The molecule has 1 fully saturated rings. The average molecular weight is 308 g/mol. The molecule has 0 bridgehead atoms. The summed E-state index contributed by atoms with van der Waals surface area (Å²) in [5.41, 5.74) is 0.944. The molecule has 0 amide bonds. The van der Waals surface area contributed by atoms with Gasteiger partial charge in [0, 0.05) is 37.9 Å². The SMILES string of the molecule is COCOC1CC(N2C=CNC2)CCC1C1=CCC(O)N=N1. The van der Waals surface area contributed by atoms with E-state index in [1.807, 2.05) is 12.3 Å². The van der Waals surface area contributed by atoms with Crippen LogP contribution in [-0.2, 0) is 9.47 Å². The summed E-state index contributed by atoms with van der Waals surface area (Å²) in [5, 5.41) is 20.7. The molecule has 4 atom stereocenters. The molecule has 0 aromatic carbocycles. The van der Waals surface area contributed by atoms with Crippen molar-refractivity contribution in [1.29, 1.82) is 0 Å². The molecule has 0 aromatic rings. The van der Waals surface area contributed by atoms with E-state index in [0.717, 1.165) is 31.6 Å². The summed E-state index contributed by atoms with van der Waals surface area (Å²) in [6, 6.07) is 0.469. The molecule has 2 aliphatic heterocycles. The van der Waals surface area contributed by atoms with Gasteiger partial charge in [-0.25, -0.2) is 0 Å². The molecule has 1 saturated carbocycles. The molecule has 1 aliphatic carbocycles. The molecule has 0 aromatic heterocycles. The van der Waals surface area contributed by atoms with Gasteiger partial charge in [-0.15, -0.1) is 0 Å². The molecule has 3 aliphatic rings. The Morgan fingerprint density at radius 3 is 3.05 bits per heavy atom. The number of aliphatic hydroxyl groups is 1. The van der Waals surface area contributed by atoms with Crippen LogP contribution in [0.25, 0.3) is 0 Å². The van der Waals surface area contributed by atoms with Crippen LogP contribution >= 0.6 is 0 Å². The summed E-state index contributed by atoms with van der Waals surface area (Å²) in [4.78, 5) is 2.32. The number of aliphatic hydroxyl groups excluding tert-OH is 1. The summed E-state index contributed by atoms with van der Waals surface area (Å²) in [6.07, 6.45) is 9.02. The van der Waals surface area contributed by atoms with Crippen LogP contribution in [0.5, 0.6) is 0 Å². The highest BCUT2D eigenvalue weighted by molar-refractivity contribution is 5.12. The summed E-state index contributed by atoms with van der Waals surface area (Å²) in [7, 11) is 1.64. The Morgan fingerprint density at radius 1 is 1.45 bits per heavy atom. The Kier molecular flexibility index (Phi) is 5.07. The number of azo groups is 1. The summed E-state index contributed by atoms with van der Waals surface area (Å²) < 4.78 is 11.0. The molecule has 4 unspecified atom stereocenters. The fourth-order valence-electron chi connectivity index (χ4n) is 3.37. The highest BCUT2D eigenvalue weighted by Crippen LogP contribution is 2.36. The second-order valence-electron chi connectivity index (χ2n) is 5.94. The highest BCUT2D eigenvalue weighted by Gasteiger charge is 2.36. The van der Waals surface area contributed by atoms with E-state index in [1.54, 1.807) is 7.11 Å². The number of hydrogen-bond donors (Lipinski definition) is 2. The van der Waals surface area contributed by atoms with Crippen LogP contribution in [0.4, 0.5) is 0 Å². The minimum atomic E-state index is -0.695. The topological polar surface area (TPSA) is 78.7 Å². The maximum atomic E-state index is 9.44. The molecular formula is C15H24N4O3. The molecular weight excluding hydrogens is 284 g/mol. The second kappa shape index (κ2) is 7.21. The first kappa shape index (κ1) is 15.5. The van der Waals surface area contributed by atoms with Crippen LogP contribution in [0.15, 0.2) is 34.4 Å². The van der Waals surface area contributed by atoms with E-state index in [9.17, 15) is 5.11 Å². The normalized spacial score (nSPS) is 34.6. The van der Waals surface area contributed by atoms with Gasteiger partial charge in [0.05, 0.1) is 18.5 Å². The molecule has 2 N–H and O–H groups in total. The fourth-order valence-corrected chi connectivity index (χ4v) is 3.37. The molecule has 2 heterocycles. The first-order valence-electron chi connectivity index (χ1n) is 7.83. The molecule has 22 heavy (non-hydrogen) atoms. The number of rotatable bonds is 5. The Bertz CT molecular complexity index is 466. The van der Waals surface area contributed by atoms with E-state index in [2.05, 4.69) is 26.6 Å². The van der Waals surface area contributed by atoms with Crippen molar-refractivity contribution >= 4 is 0 Å². The van der Waals surface area contributed by atoms with Gasteiger partial charge in [0.25, 0.3) is 0 Å². The van der Waals surface area contributed by atoms with E-state index in [0.29, 0.717) is 12.5 Å². The van der Waals surface area contributed by atoms with Crippen molar-refractivity contribution in [3.05, 3.63) is 24.2 Å². The first-order valence-corrected chi connectivity index (χ1v) is 7.83. The van der Waals surface area contributed by atoms with Crippen molar-refractivity contribution in [2.24, 2.45) is 16.1 Å². The highest BCUT2D eigenvalue weighted by atomic mass is 16.7. The maximum Gasteiger partial charge on any atom is 0.169 e. The zero-order chi connectivity index (χ0) is 15.4. The van der Waals surface area contributed by atoms with Crippen molar-refractivity contribution < 1.29 is 14.6 Å². The third-order valence-corrected chi connectivity index (χ3v) is 4.51. The van der Waals surface area contributed by atoms with E-state index in [-0.39, 0.29) is 18.8 Å². The third kappa shape index (κ3) is 3.48. The lowest BCUT2D eigenvalue weighted by Gasteiger charge is -2.39. The van der Waals surface area contributed by atoms with Gasteiger partial charge < -0.3 is 24.8 Å². The quantitative estimate of drug-likeness (QED) is 0.753. The molecule has 0 radical (unpaired) electrons. The van der Waals surface area contributed by atoms with Crippen LogP contribution in [-0.4, -0.2) is 49.0 Å². The molecule has 7 heteroatoms. The summed E-state index contributed by atoms with van der Waals surface area (Å²) in [5.74, 6) is 0.224. The lowest BCUT2D eigenvalue weighted by molar-refractivity contribution is -0.105. The van der Waals surface area contributed by atoms with Crippen LogP contribution < -0.4 is 5.32 Å². The predicted molar refractivity (Wildman–Crippen MR) is 80.4 cm³/mol. The van der Waals surface area contributed by atoms with Gasteiger partial charge in [-0.3, -0.25) is 0 Å². The molecule has 122 valence electrons. The van der Waals surface area contributed by atoms with Gasteiger partial charge in [-0.1, -0.05) is 6.08 Å². The number of methoxy groups -OCH3 is 1. The van der Waals surface area contributed by atoms with Gasteiger partial charge in [0.15, 0.2) is 6.23 Å². The van der Waals surface area contributed by atoms with Crippen LogP contribution in [0.1, 0.15) is 25.7 Å². The van der Waals surface area contributed by atoms with E-state index in [1.165, 1.54) is 0 Å². The number of ether oxygens (including phenoxy) is 2. The summed E-state index contributed by atoms with van der Waals surface area (Å²) >= 11 is 0. The van der Waals surface area contributed by atoms with Gasteiger partial charge >= 0.3 is 0 Å². The third-order valence-electron chi connectivity index (χ3n) is 4.51. The maximum absolute atomic E-state index is 9.44. The van der Waals surface area contributed by atoms with Crippen molar-refractivity contribution in [2.45, 2.75) is 44.1 Å². The van der Waals surface area contributed by atoms with E-state index in [4.69, 9.17) is 9.47 Å². The van der Waals surface area contributed by atoms with Crippen molar-refractivity contribution in [1.82, 2.24) is 10.2 Å². The zero-order valence-corrected chi connectivity index (χ0v) is 12.9. The Labute approximate surface area is 130 Å². The van der Waals surface area contributed by atoms with Crippen LogP contribution in [0, 0.1) is 5.92 Å². The smallest absolute Gasteiger partial charge is 0.169 e. The van der Waals surface area contributed by atoms with Crippen molar-refractivity contribution in [3.63, 3.8) is 0 Å². The van der Waals surface area contributed by atoms with Crippen molar-refractivity contribution in [2.75, 3.05) is 20.6 Å². The number of nitrogens with zero attached hydrogens (tertiary/aromatic N) is 3. The van der Waals surface area contributed by atoms with Crippen molar-refractivity contribution in [3.8, 4) is 0 Å². The Hall–Kier alpha value is -1.44. The number of nitrogens with one attached hydrogen (secondary N) is 1. The Morgan fingerprint density at radius 2 is 2.36 bits per heavy atom. The molecule has 0 spiro atoms. The van der Waals surface area contributed by atoms with Gasteiger partial charge in [-0.05, 0) is 19.3 Å². The van der Waals surface area contributed by atoms with Crippen LogP contribution in [0.2, 0.25) is 0 Å². The molecule has 3 rings (SSSR count). The lowest BCUT2D eigenvalue weighted by Crippen LogP contribution is -2.43. The van der Waals surface area contributed by atoms with Gasteiger partial charge in [-0.2, -0.15) is 10.2 Å². The fraction of sp³-hybridized carbons (Fsp3) is 0.733. The minimum absolute atomic E-state index is 0.0631. The zero-order valence-electron chi connectivity index (χ0n) is 12.9. The van der Waals surface area contributed by atoms with E-state index >= 15 is 0 Å². The van der Waals surface area contributed by atoms with Gasteiger partial charge in [0.2, 0.25) is 0 Å². The number of hydrogen-bond acceptors (Lipinski definition) is 7. The molecule has 0 saturated heterocycles. The van der Waals surface area contributed by atoms with E-state index < -0.39 is 6.23 Å². The minimum Gasteiger partial charge on any atom is -0.373 e. The largest absolute Gasteiger partial charge is 0.373 e. The second-order valence-corrected chi connectivity index (χ2v) is 5.94. The standard InChI is InChI=1S/C15H24N4O3/c1-21-10-22-14-8-11(19-7-6-16-9-19)2-3-12(14)13-4-5-15(20)18-17-13/h4,6-7,11-12,14-16,20H,2-3,5,8-10H2,1H3. The lowest BCUT2D eigenvalue weighted by atomic mass is 9.80. The average Bonchev–Trinajstić information content (AvgIpc) is 3.08. The first-order chi connectivity index (χ1) is 10.8. The summed E-state index contributed by atoms with van der Waals surface area (Å²) in [6.45, 7) is 1.15. The predicted octanol–water partition coefficient (Wildman–Crippen LogP) is 1.54.